The zero-order valence-corrected chi connectivity index (χ0v) is 9.40. The molecule has 16 heavy (non-hydrogen) atoms. The minimum atomic E-state index is -0.149. The van der Waals surface area contributed by atoms with Crippen LogP contribution in [-0.2, 0) is 0 Å². The molecule has 0 radical (unpaired) electrons. The van der Waals surface area contributed by atoms with E-state index in [1.807, 2.05) is 0 Å². The van der Waals surface area contributed by atoms with Crippen molar-refractivity contribution in [3.8, 4) is 0 Å². The van der Waals surface area contributed by atoms with Crippen LogP contribution in [0.3, 0.4) is 0 Å². The predicted molar refractivity (Wildman–Crippen MR) is 60.3 cm³/mol. The van der Waals surface area contributed by atoms with Gasteiger partial charge in [-0.15, -0.1) is 0 Å². The Balaban J connectivity index is 1.80. The molecular weight excluding hydrogens is 206 g/mol. The van der Waals surface area contributed by atoms with Crippen LogP contribution in [0.1, 0.15) is 10.6 Å². The van der Waals surface area contributed by atoms with Crippen LogP contribution in [0.2, 0.25) is 0 Å². The van der Waals surface area contributed by atoms with E-state index in [9.17, 15) is 4.79 Å². The Morgan fingerprint density at radius 3 is 3.31 bits per heavy atom. The Morgan fingerprint density at radius 2 is 2.62 bits per heavy atom. The van der Waals surface area contributed by atoms with Gasteiger partial charge in [-0.2, -0.15) is 0 Å². The fourth-order valence-corrected chi connectivity index (χ4v) is 1.80. The summed E-state index contributed by atoms with van der Waals surface area (Å²) in [5.74, 6) is 0.218. The van der Waals surface area contributed by atoms with Crippen molar-refractivity contribution in [1.29, 1.82) is 0 Å². The lowest BCUT2D eigenvalue weighted by atomic mass is 10.2. The lowest BCUT2D eigenvalue weighted by Gasteiger charge is -2.32. The van der Waals surface area contributed by atoms with Gasteiger partial charge in [-0.1, -0.05) is 0 Å². The third-order valence-electron chi connectivity index (χ3n) is 2.89. The first-order valence-electron chi connectivity index (χ1n) is 5.50. The van der Waals surface area contributed by atoms with Gasteiger partial charge in [0, 0.05) is 32.2 Å². The Hall–Kier alpha value is -1.33. The summed E-state index contributed by atoms with van der Waals surface area (Å²) < 4.78 is 5.02. The first kappa shape index (κ1) is 11.2. The van der Waals surface area contributed by atoms with Crippen molar-refractivity contribution in [3.63, 3.8) is 0 Å². The molecule has 2 N–H and O–H groups in total. The van der Waals surface area contributed by atoms with Gasteiger partial charge in [0.25, 0.3) is 5.91 Å². The van der Waals surface area contributed by atoms with E-state index in [2.05, 4.69) is 22.6 Å². The van der Waals surface area contributed by atoms with Gasteiger partial charge < -0.3 is 15.1 Å². The molecule has 1 aliphatic heterocycles. The first-order chi connectivity index (χ1) is 7.77. The van der Waals surface area contributed by atoms with E-state index in [-0.39, 0.29) is 5.91 Å². The maximum absolute atomic E-state index is 11.6. The van der Waals surface area contributed by atoms with Crippen LogP contribution >= 0.6 is 0 Å². The second kappa shape index (κ2) is 5.14. The largest absolute Gasteiger partial charge is 0.459 e. The van der Waals surface area contributed by atoms with Gasteiger partial charge in [0.1, 0.15) is 0 Å². The molecule has 1 fully saturated rings. The molecule has 0 aromatic carbocycles. The van der Waals surface area contributed by atoms with E-state index in [0.29, 0.717) is 18.3 Å². The quantitative estimate of drug-likeness (QED) is 0.752. The van der Waals surface area contributed by atoms with E-state index in [0.717, 1.165) is 19.6 Å². The molecule has 0 bridgehead atoms. The van der Waals surface area contributed by atoms with Gasteiger partial charge >= 0.3 is 0 Å². The summed E-state index contributed by atoms with van der Waals surface area (Å²) in [6, 6.07) is 3.73. The highest BCUT2D eigenvalue weighted by atomic mass is 16.3. The number of nitrogens with zero attached hydrogens (tertiary/aromatic N) is 1. The SMILES string of the molecule is CN1CCNCC1CNC(=O)c1ccco1. The zero-order valence-electron chi connectivity index (χ0n) is 9.40. The lowest BCUT2D eigenvalue weighted by molar-refractivity contribution is 0.0905. The maximum Gasteiger partial charge on any atom is 0.287 e. The van der Waals surface area contributed by atoms with Gasteiger partial charge in [0.2, 0.25) is 0 Å². The smallest absolute Gasteiger partial charge is 0.287 e. The number of rotatable bonds is 3. The molecule has 1 saturated heterocycles. The number of carbonyl (C=O) groups excluding carboxylic acids is 1. The van der Waals surface area contributed by atoms with Crippen LogP contribution in [0.5, 0.6) is 0 Å². The van der Waals surface area contributed by atoms with Crippen LogP contribution < -0.4 is 10.6 Å². The average Bonchev–Trinajstić information content (AvgIpc) is 2.81. The van der Waals surface area contributed by atoms with E-state index < -0.39 is 0 Å². The molecule has 1 amide bonds. The maximum atomic E-state index is 11.6. The third-order valence-corrected chi connectivity index (χ3v) is 2.89. The number of nitrogens with one attached hydrogen (secondary N) is 2. The standard InChI is InChI=1S/C11H17N3O2/c1-14-5-4-12-7-9(14)8-13-11(15)10-3-2-6-16-10/h2-3,6,9,12H,4-5,7-8H2,1H3,(H,13,15). The predicted octanol–water partition coefficient (Wildman–Crippen LogP) is -0.0870. The van der Waals surface area contributed by atoms with Crippen molar-refractivity contribution in [2.24, 2.45) is 0 Å². The summed E-state index contributed by atoms with van der Waals surface area (Å²) >= 11 is 0. The highest BCUT2D eigenvalue weighted by Crippen LogP contribution is 2.01. The van der Waals surface area contributed by atoms with Crippen LogP contribution in [0, 0.1) is 0 Å². The number of hydrogen-bond donors (Lipinski definition) is 2. The van der Waals surface area contributed by atoms with Gasteiger partial charge in [-0.25, -0.2) is 0 Å². The Labute approximate surface area is 94.8 Å². The highest BCUT2D eigenvalue weighted by molar-refractivity contribution is 5.91. The second-order valence-electron chi connectivity index (χ2n) is 4.03. The van der Waals surface area contributed by atoms with Gasteiger partial charge in [-0.05, 0) is 19.2 Å². The molecular formula is C11H17N3O2. The number of piperazine rings is 1. The molecule has 1 unspecified atom stereocenters. The summed E-state index contributed by atoms with van der Waals surface area (Å²) in [4.78, 5) is 13.9. The minimum absolute atomic E-state index is 0.149. The summed E-state index contributed by atoms with van der Waals surface area (Å²) in [6.45, 7) is 3.58. The van der Waals surface area contributed by atoms with Crippen LogP contribution in [0.15, 0.2) is 22.8 Å². The van der Waals surface area contributed by atoms with E-state index in [1.165, 1.54) is 6.26 Å². The molecule has 1 atom stereocenters. The molecule has 0 spiro atoms. The van der Waals surface area contributed by atoms with Crippen molar-refractivity contribution in [3.05, 3.63) is 24.2 Å². The molecule has 0 aliphatic carbocycles. The van der Waals surface area contributed by atoms with Crippen LogP contribution in [0.25, 0.3) is 0 Å². The molecule has 2 heterocycles. The van der Waals surface area contributed by atoms with E-state index in [4.69, 9.17) is 4.42 Å². The van der Waals surface area contributed by atoms with Gasteiger partial charge in [-0.3, -0.25) is 9.69 Å². The van der Waals surface area contributed by atoms with Gasteiger partial charge in [0.05, 0.1) is 6.26 Å². The summed E-state index contributed by atoms with van der Waals surface area (Å²) in [6.07, 6.45) is 1.50. The molecule has 1 aliphatic rings. The molecule has 1 aromatic rings. The first-order valence-corrected chi connectivity index (χ1v) is 5.50. The lowest BCUT2D eigenvalue weighted by Crippen LogP contribution is -2.53. The minimum Gasteiger partial charge on any atom is -0.459 e. The monoisotopic (exact) mass is 223 g/mol. The van der Waals surface area contributed by atoms with Crippen LogP contribution in [-0.4, -0.2) is 50.1 Å². The fourth-order valence-electron chi connectivity index (χ4n) is 1.80. The topological polar surface area (TPSA) is 57.5 Å². The number of carbonyl (C=O) groups is 1. The number of amides is 1. The van der Waals surface area contributed by atoms with Crippen molar-refractivity contribution in [2.75, 3.05) is 33.2 Å². The fraction of sp³-hybridized carbons (Fsp3) is 0.545. The zero-order chi connectivity index (χ0) is 11.4. The Kier molecular flexibility index (Phi) is 3.58. The van der Waals surface area contributed by atoms with Crippen molar-refractivity contribution >= 4 is 5.91 Å². The third kappa shape index (κ3) is 2.62. The van der Waals surface area contributed by atoms with Crippen molar-refractivity contribution in [1.82, 2.24) is 15.5 Å². The van der Waals surface area contributed by atoms with Crippen molar-refractivity contribution in [2.45, 2.75) is 6.04 Å². The van der Waals surface area contributed by atoms with Crippen LogP contribution in [0.4, 0.5) is 0 Å². The number of hydrogen-bond acceptors (Lipinski definition) is 4. The second-order valence-corrected chi connectivity index (χ2v) is 4.03. The molecule has 88 valence electrons. The normalized spacial score (nSPS) is 21.9. The van der Waals surface area contributed by atoms with Gasteiger partial charge in [0.15, 0.2) is 5.76 Å². The van der Waals surface area contributed by atoms with E-state index in [1.54, 1.807) is 12.1 Å². The Morgan fingerprint density at radius 1 is 1.75 bits per heavy atom. The van der Waals surface area contributed by atoms with Crippen molar-refractivity contribution < 1.29 is 9.21 Å². The molecule has 1 aromatic heterocycles. The highest BCUT2D eigenvalue weighted by Gasteiger charge is 2.19. The molecule has 2 rings (SSSR count). The number of likely N-dealkylation sites (N-methyl/N-ethyl adjacent to an activating group) is 1. The summed E-state index contributed by atoms with van der Waals surface area (Å²) in [5, 5.41) is 6.18. The molecule has 5 heteroatoms. The average molecular weight is 223 g/mol. The number of furan rings is 1. The molecule has 5 nitrogen and oxygen atoms in total. The Bertz CT molecular complexity index is 337. The van der Waals surface area contributed by atoms with E-state index >= 15 is 0 Å². The summed E-state index contributed by atoms with van der Waals surface area (Å²) in [5.41, 5.74) is 0. The summed E-state index contributed by atoms with van der Waals surface area (Å²) in [7, 11) is 2.07. The molecule has 0 saturated carbocycles.